The Morgan fingerprint density at radius 1 is 1.29 bits per heavy atom. The van der Waals surface area contributed by atoms with E-state index in [2.05, 4.69) is 18.7 Å². The molecule has 2 N–H and O–H groups in total. The Balaban J connectivity index is 2.02. The number of nitrogens with zero attached hydrogens (tertiary/aromatic N) is 2. The standard InChI is InChI=1S/C16H25N3O2/c1-12(2)11-18-7-9-19(10-8-18)16(20)13-5-4-6-14(21-3)15(13)17/h4-6,12H,7-11,17H2,1-3H3. The van der Waals surface area contributed by atoms with E-state index in [9.17, 15) is 4.79 Å². The van der Waals surface area contributed by atoms with E-state index in [1.165, 1.54) is 0 Å². The van der Waals surface area contributed by atoms with Crippen molar-refractivity contribution in [2.45, 2.75) is 13.8 Å². The molecule has 1 aromatic rings. The highest BCUT2D eigenvalue weighted by atomic mass is 16.5. The first-order chi connectivity index (χ1) is 10.0. The molecule has 21 heavy (non-hydrogen) atoms. The Morgan fingerprint density at radius 2 is 1.95 bits per heavy atom. The number of hydrogen-bond donors (Lipinski definition) is 1. The molecule has 5 heteroatoms. The Bertz CT molecular complexity index is 494. The van der Waals surface area contributed by atoms with Crippen LogP contribution in [0, 0.1) is 5.92 Å². The summed E-state index contributed by atoms with van der Waals surface area (Å²) in [4.78, 5) is 16.9. The molecule has 0 spiro atoms. The van der Waals surface area contributed by atoms with Gasteiger partial charge in [-0.2, -0.15) is 0 Å². The lowest BCUT2D eigenvalue weighted by molar-refractivity contribution is 0.0624. The molecule has 2 rings (SSSR count). The predicted molar refractivity (Wildman–Crippen MR) is 84.6 cm³/mol. The molecule has 0 aromatic heterocycles. The molecule has 116 valence electrons. The summed E-state index contributed by atoms with van der Waals surface area (Å²) < 4.78 is 5.18. The maximum absolute atomic E-state index is 12.6. The number of methoxy groups -OCH3 is 1. The van der Waals surface area contributed by atoms with Crippen molar-refractivity contribution < 1.29 is 9.53 Å². The quantitative estimate of drug-likeness (QED) is 0.858. The van der Waals surface area contributed by atoms with Crippen LogP contribution in [0.2, 0.25) is 0 Å². The molecule has 1 aliphatic rings. The first-order valence-corrected chi connectivity index (χ1v) is 7.47. The number of hydrogen-bond acceptors (Lipinski definition) is 4. The Hall–Kier alpha value is -1.75. The van der Waals surface area contributed by atoms with Crippen LogP contribution in [0.5, 0.6) is 5.75 Å². The third-order valence-corrected chi connectivity index (χ3v) is 3.80. The number of piperazine rings is 1. The van der Waals surface area contributed by atoms with Crippen molar-refractivity contribution in [1.29, 1.82) is 0 Å². The zero-order valence-corrected chi connectivity index (χ0v) is 13.1. The number of ether oxygens (including phenoxy) is 1. The van der Waals surface area contributed by atoms with E-state index >= 15 is 0 Å². The number of para-hydroxylation sites is 1. The molecular weight excluding hydrogens is 266 g/mol. The molecule has 1 aliphatic heterocycles. The summed E-state index contributed by atoms with van der Waals surface area (Å²) in [6, 6.07) is 5.34. The summed E-state index contributed by atoms with van der Waals surface area (Å²) in [5.74, 6) is 1.20. The predicted octanol–water partition coefficient (Wildman–Crippen LogP) is 1.69. The molecule has 0 radical (unpaired) electrons. The maximum atomic E-state index is 12.6. The SMILES string of the molecule is COc1cccc(C(=O)N2CCN(CC(C)C)CC2)c1N. The lowest BCUT2D eigenvalue weighted by Gasteiger charge is -2.35. The fourth-order valence-electron chi connectivity index (χ4n) is 2.73. The molecule has 0 saturated carbocycles. The molecular formula is C16H25N3O2. The number of carbonyl (C=O) groups excluding carboxylic acids is 1. The van der Waals surface area contributed by atoms with Gasteiger partial charge in [0, 0.05) is 32.7 Å². The molecule has 0 atom stereocenters. The summed E-state index contributed by atoms with van der Waals surface area (Å²) in [5, 5.41) is 0. The van der Waals surface area contributed by atoms with Gasteiger partial charge in [-0.1, -0.05) is 19.9 Å². The van der Waals surface area contributed by atoms with Crippen LogP contribution in [-0.2, 0) is 0 Å². The van der Waals surface area contributed by atoms with E-state index in [1.54, 1.807) is 25.3 Å². The van der Waals surface area contributed by atoms with Crippen LogP contribution >= 0.6 is 0 Å². The van der Waals surface area contributed by atoms with Gasteiger partial charge in [-0.05, 0) is 18.1 Å². The van der Waals surface area contributed by atoms with Crippen LogP contribution in [0.3, 0.4) is 0 Å². The minimum absolute atomic E-state index is 0.00408. The first-order valence-electron chi connectivity index (χ1n) is 7.47. The first kappa shape index (κ1) is 15.6. The van der Waals surface area contributed by atoms with Crippen LogP contribution in [0.15, 0.2) is 18.2 Å². The van der Waals surface area contributed by atoms with Gasteiger partial charge in [0.1, 0.15) is 5.75 Å². The van der Waals surface area contributed by atoms with E-state index in [1.807, 2.05) is 4.90 Å². The minimum Gasteiger partial charge on any atom is -0.495 e. The largest absolute Gasteiger partial charge is 0.495 e. The average molecular weight is 291 g/mol. The normalized spacial score (nSPS) is 16.3. The van der Waals surface area contributed by atoms with E-state index in [-0.39, 0.29) is 5.91 Å². The van der Waals surface area contributed by atoms with Crippen LogP contribution in [0.25, 0.3) is 0 Å². The number of anilines is 1. The lowest BCUT2D eigenvalue weighted by atomic mass is 10.1. The summed E-state index contributed by atoms with van der Waals surface area (Å²) in [6.45, 7) is 8.87. The van der Waals surface area contributed by atoms with Gasteiger partial charge < -0.3 is 15.4 Å². The van der Waals surface area contributed by atoms with E-state index < -0.39 is 0 Å². The zero-order valence-electron chi connectivity index (χ0n) is 13.1. The van der Waals surface area contributed by atoms with Crippen molar-refractivity contribution in [2.24, 2.45) is 5.92 Å². The fourth-order valence-corrected chi connectivity index (χ4v) is 2.73. The van der Waals surface area contributed by atoms with Gasteiger partial charge in [-0.3, -0.25) is 9.69 Å². The van der Waals surface area contributed by atoms with E-state index in [4.69, 9.17) is 10.5 Å². The fraction of sp³-hybridized carbons (Fsp3) is 0.562. The third-order valence-electron chi connectivity index (χ3n) is 3.80. The maximum Gasteiger partial charge on any atom is 0.256 e. The second-order valence-corrected chi connectivity index (χ2v) is 5.91. The van der Waals surface area contributed by atoms with Gasteiger partial charge in [-0.25, -0.2) is 0 Å². The van der Waals surface area contributed by atoms with Crippen molar-refractivity contribution in [3.05, 3.63) is 23.8 Å². The van der Waals surface area contributed by atoms with E-state index in [0.717, 1.165) is 32.7 Å². The third kappa shape index (κ3) is 3.67. The highest BCUT2D eigenvalue weighted by Crippen LogP contribution is 2.26. The smallest absolute Gasteiger partial charge is 0.256 e. The van der Waals surface area contributed by atoms with Gasteiger partial charge in [-0.15, -0.1) is 0 Å². The van der Waals surface area contributed by atoms with Crippen molar-refractivity contribution in [2.75, 3.05) is 45.6 Å². The molecule has 0 unspecified atom stereocenters. The highest BCUT2D eigenvalue weighted by molar-refractivity contribution is 6.00. The van der Waals surface area contributed by atoms with Crippen LogP contribution < -0.4 is 10.5 Å². The Kier molecular flexibility index (Phi) is 5.07. The summed E-state index contributed by atoms with van der Waals surface area (Å²) >= 11 is 0. The van der Waals surface area contributed by atoms with Crippen molar-refractivity contribution in [3.8, 4) is 5.75 Å². The highest BCUT2D eigenvalue weighted by Gasteiger charge is 2.24. The van der Waals surface area contributed by atoms with Crippen molar-refractivity contribution >= 4 is 11.6 Å². The van der Waals surface area contributed by atoms with Gasteiger partial charge in [0.25, 0.3) is 5.91 Å². The van der Waals surface area contributed by atoms with Gasteiger partial charge in [0.05, 0.1) is 18.4 Å². The number of amides is 1. The number of benzene rings is 1. The summed E-state index contributed by atoms with van der Waals surface area (Å²) in [5.41, 5.74) is 6.97. The summed E-state index contributed by atoms with van der Waals surface area (Å²) in [7, 11) is 1.56. The summed E-state index contributed by atoms with van der Waals surface area (Å²) in [6.07, 6.45) is 0. The van der Waals surface area contributed by atoms with Gasteiger partial charge >= 0.3 is 0 Å². The Labute approximate surface area is 126 Å². The molecule has 0 aliphatic carbocycles. The Morgan fingerprint density at radius 3 is 2.52 bits per heavy atom. The molecule has 1 amide bonds. The molecule has 1 aromatic carbocycles. The van der Waals surface area contributed by atoms with E-state index in [0.29, 0.717) is 22.9 Å². The monoisotopic (exact) mass is 291 g/mol. The number of carbonyl (C=O) groups is 1. The molecule has 1 fully saturated rings. The van der Waals surface area contributed by atoms with Crippen LogP contribution in [-0.4, -0.2) is 55.5 Å². The van der Waals surface area contributed by atoms with Crippen LogP contribution in [0.1, 0.15) is 24.2 Å². The van der Waals surface area contributed by atoms with Crippen molar-refractivity contribution in [1.82, 2.24) is 9.80 Å². The molecule has 5 nitrogen and oxygen atoms in total. The number of nitrogen functional groups attached to an aromatic ring is 1. The second kappa shape index (κ2) is 6.80. The van der Waals surface area contributed by atoms with Gasteiger partial charge in [0.15, 0.2) is 0 Å². The molecule has 1 heterocycles. The van der Waals surface area contributed by atoms with Crippen LogP contribution in [0.4, 0.5) is 5.69 Å². The topological polar surface area (TPSA) is 58.8 Å². The molecule has 1 saturated heterocycles. The number of rotatable bonds is 4. The average Bonchev–Trinajstić information content (AvgIpc) is 2.47. The minimum atomic E-state index is -0.00408. The molecule has 0 bridgehead atoms. The lowest BCUT2D eigenvalue weighted by Crippen LogP contribution is -2.49. The second-order valence-electron chi connectivity index (χ2n) is 5.91. The zero-order chi connectivity index (χ0) is 15.4. The van der Waals surface area contributed by atoms with Crippen molar-refractivity contribution in [3.63, 3.8) is 0 Å². The number of nitrogens with two attached hydrogens (primary N) is 1. The van der Waals surface area contributed by atoms with Gasteiger partial charge in [0.2, 0.25) is 0 Å².